The van der Waals surface area contributed by atoms with Gasteiger partial charge in [-0.3, -0.25) is 0 Å². The Morgan fingerprint density at radius 2 is 2.67 bits per heavy atom. The highest BCUT2D eigenvalue weighted by Gasteiger charge is 2.25. The second-order valence-electron chi connectivity index (χ2n) is 2.02. The molecule has 1 aromatic heterocycles. The molecule has 0 unspecified atom stereocenters. The van der Waals surface area contributed by atoms with Crippen LogP contribution in [0.5, 0.6) is 0 Å². The summed E-state index contributed by atoms with van der Waals surface area (Å²) >= 11 is 2.89. The van der Waals surface area contributed by atoms with Crippen molar-refractivity contribution in [2.45, 2.75) is 6.08 Å². The largest absolute Gasteiger partial charge is 0.389 e. The molecule has 0 spiro atoms. The van der Waals surface area contributed by atoms with Crippen molar-refractivity contribution in [1.29, 1.82) is 0 Å². The molecule has 2 rings (SSSR count). The Labute approximate surface area is 90.4 Å². The number of halogens is 1. The van der Waals surface area contributed by atoms with Crippen LogP contribution in [0.15, 0.2) is 22.7 Å². The number of aliphatic hydroxyl groups is 1. The quantitative estimate of drug-likeness (QED) is 0.792. The minimum Gasteiger partial charge on any atom is -0.389 e. The third kappa shape index (κ3) is 1.44. The van der Waals surface area contributed by atoms with Gasteiger partial charge in [-0.2, -0.15) is 0 Å². The van der Waals surface area contributed by atoms with Gasteiger partial charge in [0.2, 0.25) is 0 Å². The van der Waals surface area contributed by atoms with E-state index in [4.69, 9.17) is 11.0 Å². The monoisotopic (exact) mass is 236 g/mol. The molecule has 0 amide bonds. The maximum atomic E-state index is 9.57. The Balaban J connectivity index is 2.65. The van der Waals surface area contributed by atoms with Crippen LogP contribution in [0.25, 0.3) is 0 Å². The first-order valence-electron chi connectivity index (χ1n) is 7.03. The number of nitrogens with zero attached hydrogens (tertiary/aromatic N) is 2. The van der Waals surface area contributed by atoms with Gasteiger partial charge in [-0.1, -0.05) is 15.9 Å². The van der Waals surface area contributed by atoms with Crippen molar-refractivity contribution in [2.24, 2.45) is 0 Å². The standard InChI is InChI=1S/C8H9BrN2O/c9-6-1-2-10-8(3-6)11-4-7(12)5-11/h1-3,7,12H,4-5H2/i1D,2D,3D,4D2,5D2,7D. The topological polar surface area (TPSA) is 36.4 Å². The lowest BCUT2D eigenvalue weighted by molar-refractivity contribution is 0.141. The average molecular weight is 237 g/mol. The molecule has 0 atom stereocenters. The van der Waals surface area contributed by atoms with E-state index in [1.165, 1.54) is 0 Å². The summed E-state index contributed by atoms with van der Waals surface area (Å²) in [5, 5.41) is 9.57. The summed E-state index contributed by atoms with van der Waals surface area (Å²) in [6.07, 6.45) is -3.61. The van der Waals surface area contributed by atoms with Gasteiger partial charge in [0.05, 0.1) is 17.0 Å². The van der Waals surface area contributed by atoms with Crippen molar-refractivity contribution in [1.82, 2.24) is 4.98 Å². The lowest BCUT2D eigenvalue weighted by atomic mass is 10.2. The molecule has 1 N–H and O–H groups in total. The molecule has 64 valence electrons. The number of aromatic nitrogens is 1. The molecule has 0 aromatic carbocycles. The normalized spacial score (nSPS) is 38.3. The predicted molar refractivity (Wildman–Crippen MR) is 50.2 cm³/mol. The van der Waals surface area contributed by atoms with E-state index in [1.807, 2.05) is 0 Å². The first-order chi connectivity index (χ1) is 8.87. The van der Waals surface area contributed by atoms with Crippen LogP contribution in [-0.4, -0.2) is 29.2 Å². The van der Waals surface area contributed by atoms with E-state index in [1.54, 1.807) is 0 Å². The fourth-order valence-corrected chi connectivity index (χ4v) is 0.977. The average Bonchev–Trinajstić information content (AvgIpc) is 2.32. The molecule has 0 bridgehead atoms. The van der Waals surface area contributed by atoms with Gasteiger partial charge < -0.3 is 10.0 Å². The van der Waals surface area contributed by atoms with Crippen molar-refractivity contribution < 1.29 is 16.1 Å². The summed E-state index contributed by atoms with van der Waals surface area (Å²) in [4.78, 5) is 3.86. The van der Waals surface area contributed by atoms with Crippen LogP contribution in [0.2, 0.25) is 0 Å². The molecule has 2 heterocycles. The summed E-state index contributed by atoms with van der Waals surface area (Å²) in [6, 6.07) is -0.879. The van der Waals surface area contributed by atoms with Crippen LogP contribution in [0.4, 0.5) is 5.82 Å². The minimum absolute atomic E-state index is 0.139. The SMILES string of the molecule is [2H]c1nc(N2C([2H])([2H])C([2H])(O)C2([2H])[2H])c([2H])c(Br)c1[2H]. The third-order valence-electron chi connectivity index (χ3n) is 1.20. The Hall–Kier alpha value is -0.610. The fraction of sp³-hybridized carbons (Fsp3) is 0.375. The smallest absolute Gasteiger partial charge is 0.129 e. The zero-order valence-electron chi connectivity index (χ0n) is 13.7. The van der Waals surface area contributed by atoms with Crippen LogP contribution in [-0.2, 0) is 0 Å². The van der Waals surface area contributed by atoms with Crippen molar-refractivity contribution in [3.05, 3.63) is 22.7 Å². The molecule has 0 saturated carbocycles. The van der Waals surface area contributed by atoms with Crippen LogP contribution >= 0.6 is 15.9 Å². The summed E-state index contributed by atoms with van der Waals surface area (Å²) in [6.45, 7) is -5.65. The summed E-state index contributed by atoms with van der Waals surface area (Å²) in [7, 11) is 0. The second kappa shape index (κ2) is 3.03. The van der Waals surface area contributed by atoms with Crippen LogP contribution in [0.1, 0.15) is 11.0 Å². The van der Waals surface area contributed by atoms with E-state index in [0.717, 1.165) is 0 Å². The number of anilines is 1. The highest BCUT2D eigenvalue weighted by molar-refractivity contribution is 9.10. The first kappa shape index (κ1) is 2.96. The zero-order valence-corrected chi connectivity index (χ0v) is 7.31. The van der Waals surface area contributed by atoms with E-state index >= 15 is 0 Å². The van der Waals surface area contributed by atoms with Crippen molar-refractivity contribution in [3.63, 3.8) is 0 Å². The van der Waals surface area contributed by atoms with Crippen LogP contribution < -0.4 is 4.90 Å². The van der Waals surface area contributed by atoms with Crippen molar-refractivity contribution in [2.75, 3.05) is 17.9 Å². The summed E-state index contributed by atoms with van der Waals surface area (Å²) < 4.78 is 60.2. The van der Waals surface area contributed by atoms with Gasteiger partial charge in [0.25, 0.3) is 0 Å². The minimum atomic E-state index is -3.04. The maximum Gasteiger partial charge on any atom is 0.129 e. The lowest BCUT2D eigenvalue weighted by Gasteiger charge is -2.36. The fourth-order valence-electron chi connectivity index (χ4n) is 0.711. The molecular formula is C8H9BrN2O. The number of β-amino-alcohol motifs (C(OH)–C–C–N with tert-alkyl or cyclic N) is 1. The molecule has 1 saturated heterocycles. The van der Waals surface area contributed by atoms with Gasteiger partial charge in [0, 0.05) is 23.6 Å². The Morgan fingerprint density at radius 1 is 1.92 bits per heavy atom. The molecule has 1 fully saturated rings. The number of hydrogen-bond donors (Lipinski definition) is 1. The number of rotatable bonds is 1. The maximum absolute atomic E-state index is 9.57. The van der Waals surface area contributed by atoms with E-state index in [-0.39, 0.29) is 10.5 Å². The summed E-state index contributed by atoms with van der Waals surface area (Å²) in [5.41, 5.74) is 0. The summed E-state index contributed by atoms with van der Waals surface area (Å²) in [5.74, 6) is -0.551. The number of hydrogen-bond acceptors (Lipinski definition) is 3. The van der Waals surface area contributed by atoms with E-state index in [9.17, 15) is 5.11 Å². The first-order valence-corrected chi connectivity index (χ1v) is 3.82. The number of pyridine rings is 1. The Bertz CT molecular complexity index is 574. The highest BCUT2D eigenvalue weighted by Crippen LogP contribution is 2.21. The van der Waals surface area contributed by atoms with Crippen LogP contribution in [0.3, 0.4) is 0 Å². The molecule has 0 radical (unpaired) electrons. The molecule has 4 heteroatoms. The molecule has 12 heavy (non-hydrogen) atoms. The van der Waals surface area contributed by atoms with Gasteiger partial charge in [0.15, 0.2) is 0 Å². The van der Waals surface area contributed by atoms with E-state index in [2.05, 4.69) is 20.9 Å². The molecule has 0 aliphatic carbocycles. The van der Waals surface area contributed by atoms with Gasteiger partial charge >= 0.3 is 0 Å². The Kier molecular flexibility index (Phi) is 0.747. The van der Waals surface area contributed by atoms with E-state index in [0.29, 0.717) is 4.90 Å². The van der Waals surface area contributed by atoms with Crippen LogP contribution in [0, 0.1) is 0 Å². The third-order valence-corrected chi connectivity index (χ3v) is 1.59. The predicted octanol–water partition coefficient (Wildman–Crippen LogP) is 1.02. The van der Waals surface area contributed by atoms with Crippen molar-refractivity contribution in [3.8, 4) is 0 Å². The van der Waals surface area contributed by atoms with Gasteiger partial charge in [-0.05, 0) is 12.1 Å². The molecular weight excluding hydrogens is 220 g/mol. The lowest BCUT2D eigenvalue weighted by Crippen LogP contribution is -2.51. The molecule has 1 aliphatic rings. The molecule has 3 nitrogen and oxygen atoms in total. The van der Waals surface area contributed by atoms with E-state index < -0.39 is 37.1 Å². The molecule has 1 aromatic rings. The van der Waals surface area contributed by atoms with Gasteiger partial charge in [-0.25, -0.2) is 4.98 Å². The zero-order chi connectivity index (χ0) is 15.7. The molecule has 1 aliphatic heterocycles. The highest BCUT2D eigenvalue weighted by atomic mass is 79.9. The Morgan fingerprint density at radius 3 is 3.42 bits per heavy atom. The van der Waals surface area contributed by atoms with Gasteiger partial charge in [-0.15, -0.1) is 0 Å². The second-order valence-corrected chi connectivity index (χ2v) is 2.81. The van der Waals surface area contributed by atoms with Crippen molar-refractivity contribution >= 4 is 21.7 Å². The van der Waals surface area contributed by atoms with Gasteiger partial charge in [0.1, 0.15) is 5.82 Å².